The summed E-state index contributed by atoms with van der Waals surface area (Å²) in [6.45, 7) is 5.95. The molecule has 1 fully saturated rings. The van der Waals surface area contributed by atoms with E-state index in [0.717, 1.165) is 35.1 Å². The Morgan fingerprint density at radius 3 is 2.64 bits per heavy atom. The topological polar surface area (TPSA) is 59.8 Å². The van der Waals surface area contributed by atoms with E-state index in [0.29, 0.717) is 6.04 Å². The average Bonchev–Trinajstić information content (AvgIpc) is 2.96. The van der Waals surface area contributed by atoms with Gasteiger partial charge in [0, 0.05) is 6.04 Å². The van der Waals surface area contributed by atoms with Gasteiger partial charge in [0.1, 0.15) is 5.82 Å². The van der Waals surface area contributed by atoms with Crippen molar-refractivity contribution < 1.29 is 4.79 Å². The van der Waals surface area contributed by atoms with Gasteiger partial charge in [0.25, 0.3) is 0 Å². The van der Waals surface area contributed by atoms with E-state index in [1.54, 1.807) is 0 Å². The lowest BCUT2D eigenvalue weighted by molar-refractivity contribution is -0.121. The van der Waals surface area contributed by atoms with Crippen molar-refractivity contribution in [2.24, 2.45) is 0 Å². The van der Waals surface area contributed by atoms with Crippen molar-refractivity contribution in [3.8, 4) is 5.69 Å². The van der Waals surface area contributed by atoms with Gasteiger partial charge in [-0.1, -0.05) is 49.2 Å². The lowest BCUT2D eigenvalue weighted by Gasteiger charge is -2.24. The molecule has 0 saturated heterocycles. The van der Waals surface area contributed by atoms with Gasteiger partial charge in [-0.3, -0.25) is 9.36 Å². The second-order valence-corrected chi connectivity index (χ2v) is 8.06. The van der Waals surface area contributed by atoms with Gasteiger partial charge in [0.05, 0.1) is 10.9 Å². The molecule has 25 heavy (non-hydrogen) atoms. The highest BCUT2D eigenvalue weighted by Crippen LogP contribution is 2.27. The first-order valence-electron chi connectivity index (χ1n) is 9.01. The highest BCUT2D eigenvalue weighted by molar-refractivity contribution is 8.00. The molecule has 0 radical (unpaired) electrons. The fourth-order valence-corrected chi connectivity index (χ4v) is 4.20. The number of para-hydroxylation sites is 1. The largest absolute Gasteiger partial charge is 0.352 e. The van der Waals surface area contributed by atoms with Crippen molar-refractivity contribution in [3.63, 3.8) is 0 Å². The standard InChI is InChI=1S/C19H26N4OS/c1-13-9-7-8-12-17(13)23-15(3)21-22-19(23)25-14(2)18(24)20-16-10-5-4-6-11-16/h7-9,12,14,16H,4-6,10-11H2,1-3H3,(H,20,24). The summed E-state index contributed by atoms with van der Waals surface area (Å²) in [5, 5.41) is 12.3. The Bertz CT molecular complexity index is 737. The van der Waals surface area contributed by atoms with Crippen molar-refractivity contribution in [2.75, 3.05) is 0 Å². The van der Waals surface area contributed by atoms with E-state index in [1.165, 1.54) is 31.0 Å². The maximum atomic E-state index is 12.5. The molecule has 0 spiro atoms. The highest BCUT2D eigenvalue weighted by atomic mass is 32.2. The van der Waals surface area contributed by atoms with Crippen LogP contribution in [0.1, 0.15) is 50.4 Å². The van der Waals surface area contributed by atoms with Gasteiger partial charge in [0.15, 0.2) is 5.16 Å². The van der Waals surface area contributed by atoms with Crippen molar-refractivity contribution in [1.82, 2.24) is 20.1 Å². The predicted octanol–water partition coefficient (Wildman–Crippen LogP) is 3.81. The van der Waals surface area contributed by atoms with Crippen LogP contribution >= 0.6 is 11.8 Å². The van der Waals surface area contributed by atoms with E-state index >= 15 is 0 Å². The number of carbonyl (C=O) groups is 1. The van der Waals surface area contributed by atoms with Gasteiger partial charge < -0.3 is 5.32 Å². The number of hydrogen-bond acceptors (Lipinski definition) is 4. The Hall–Kier alpha value is -1.82. The number of amides is 1. The zero-order valence-electron chi connectivity index (χ0n) is 15.2. The second-order valence-electron chi connectivity index (χ2n) is 6.76. The molecular weight excluding hydrogens is 332 g/mol. The molecule has 1 N–H and O–H groups in total. The number of nitrogens with one attached hydrogen (secondary N) is 1. The zero-order valence-corrected chi connectivity index (χ0v) is 16.0. The molecule has 1 aromatic heterocycles. The van der Waals surface area contributed by atoms with Crippen LogP contribution in [0.2, 0.25) is 0 Å². The number of benzene rings is 1. The normalized spacial score (nSPS) is 16.6. The molecule has 3 rings (SSSR count). The fraction of sp³-hybridized carbons (Fsp3) is 0.526. The molecule has 0 bridgehead atoms. The number of hydrogen-bond donors (Lipinski definition) is 1. The van der Waals surface area contributed by atoms with Crippen molar-refractivity contribution in [2.45, 2.75) is 69.3 Å². The summed E-state index contributed by atoms with van der Waals surface area (Å²) in [5.74, 6) is 0.922. The third-order valence-electron chi connectivity index (χ3n) is 4.75. The van der Waals surface area contributed by atoms with E-state index in [-0.39, 0.29) is 11.2 Å². The first-order chi connectivity index (χ1) is 12.1. The summed E-state index contributed by atoms with van der Waals surface area (Å²) in [5.41, 5.74) is 2.22. The molecule has 1 atom stereocenters. The number of nitrogens with zero attached hydrogens (tertiary/aromatic N) is 3. The minimum absolute atomic E-state index is 0.0916. The molecule has 2 aromatic rings. The first-order valence-corrected chi connectivity index (χ1v) is 9.89. The first kappa shape index (κ1) is 18.0. The molecule has 6 heteroatoms. The summed E-state index contributed by atoms with van der Waals surface area (Å²) in [7, 11) is 0. The van der Waals surface area contributed by atoms with Crippen molar-refractivity contribution in [3.05, 3.63) is 35.7 Å². The van der Waals surface area contributed by atoms with E-state index in [9.17, 15) is 4.79 Å². The molecule has 1 saturated carbocycles. The minimum atomic E-state index is -0.201. The van der Waals surface area contributed by atoms with Crippen molar-refractivity contribution in [1.29, 1.82) is 0 Å². The third-order valence-corrected chi connectivity index (χ3v) is 5.80. The van der Waals surface area contributed by atoms with Crippen LogP contribution in [0, 0.1) is 13.8 Å². The van der Waals surface area contributed by atoms with Crippen molar-refractivity contribution >= 4 is 17.7 Å². The molecule has 1 amide bonds. The summed E-state index contributed by atoms with van der Waals surface area (Å²) < 4.78 is 2.03. The minimum Gasteiger partial charge on any atom is -0.352 e. The van der Waals surface area contributed by atoms with Crippen LogP contribution in [0.5, 0.6) is 0 Å². The average molecular weight is 359 g/mol. The van der Waals surface area contributed by atoms with Crippen LogP contribution in [0.25, 0.3) is 5.69 Å². The summed E-state index contributed by atoms with van der Waals surface area (Å²) in [6, 6.07) is 8.49. The van der Waals surface area contributed by atoms with Crippen LogP contribution in [0.4, 0.5) is 0 Å². The highest BCUT2D eigenvalue weighted by Gasteiger charge is 2.23. The van der Waals surface area contributed by atoms with Gasteiger partial charge in [-0.15, -0.1) is 10.2 Å². The van der Waals surface area contributed by atoms with Gasteiger partial charge in [-0.25, -0.2) is 0 Å². The van der Waals surface area contributed by atoms with Gasteiger partial charge in [0.2, 0.25) is 5.91 Å². The summed E-state index contributed by atoms with van der Waals surface area (Å²) in [4.78, 5) is 12.5. The number of thioether (sulfide) groups is 1. The summed E-state index contributed by atoms with van der Waals surface area (Å²) in [6.07, 6.45) is 5.92. The predicted molar refractivity (Wildman–Crippen MR) is 101 cm³/mol. The van der Waals surface area contributed by atoms with Gasteiger partial charge >= 0.3 is 0 Å². The smallest absolute Gasteiger partial charge is 0.233 e. The Morgan fingerprint density at radius 2 is 1.92 bits per heavy atom. The molecule has 1 unspecified atom stereocenters. The van der Waals surface area contributed by atoms with E-state index < -0.39 is 0 Å². The fourth-order valence-electron chi connectivity index (χ4n) is 3.29. The molecular formula is C19H26N4OS. The van der Waals surface area contributed by atoms with E-state index in [2.05, 4.69) is 34.6 Å². The second kappa shape index (κ2) is 8.04. The molecule has 1 aromatic carbocycles. The van der Waals surface area contributed by atoms with Crippen LogP contribution < -0.4 is 5.32 Å². The summed E-state index contributed by atoms with van der Waals surface area (Å²) >= 11 is 1.47. The molecule has 5 nitrogen and oxygen atoms in total. The molecule has 1 heterocycles. The SMILES string of the molecule is Cc1ccccc1-n1c(C)nnc1SC(C)C(=O)NC1CCCCC1. The monoisotopic (exact) mass is 358 g/mol. The quantitative estimate of drug-likeness (QED) is 0.826. The van der Waals surface area contributed by atoms with E-state index in [4.69, 9.17) is 0 Å². The number of carbonyl (C=O) groups excluding carboxylic acids is 1. The lowest BCUT2D eigenvalue weighted by Crippen LogP contribution is -2.40. The Kier molecular flexibility index (Phi) is 5.78. The number of rotatable bonds is 5. The molecule has 0 aliphatic heterocycles. The Labute approximate surface area is 153 Å². The van der Waals surface area contributed by atoms with E-state index in [1.807, 2.05) is 30.5 Å². The van der Waals surface area contributed by atoms with Crippen LogP contribution in [-0.2, 0) is 4.79 Å². The molecule has 1 aliphatic rings. The maximum Gasteiger partial charge on any atom is 0.233 e. The Morgan fingerprint density at radius 1 is 1.20 bits per heavy atom. The third kappa shape index (κ3) is 4.24. The van der Waals surface area contributed by atoms with Gasteiger partial charge in [-0.05, 0) is 45.2 Å². The number of aryl methyl sites for hydroxylation is 2. The van der Waals surface area contributed by atoms with Crippen LogP contribution in [0.3, 0.4) is 0 Å². The van der Waals surface area contributed by atoms with Crippen LogP contribution in [0.15, 0.2) is 29.4 Å². The number of aromatic nitrogens is 3. The van der Waals surface area contributed by atoms with Crippen LogP contribution in [-0.4, -0.2) is 32.0 Å². The lowest BCUT2D eigenvalue weighted by atomic mass is 9.95. The zero-order chi connectivity index (χ0) is 17.8. The van der Waals surface area contributed by atoms with Gasteiger partial charge in [-0.2, -0.15) is 0 Å². The molecule has 1 aliphatic carbocycles. The molecule has 134 valence electrons. The Balaban J connectivity index is 1.72. The maximum absolute atomic E-state index is 12.5.